The lowest BCUT2D eigenvalue weighted by atomic mass is 9.87. The number of anilines is 1. The number of hydrogen-bond acceptors (Lipinski definition) is 4. The van der Waals surface area contributed by atoms with Crippen LogP contribution in [0.4, 0.5) is 5.69 Å². The highest BCUT2D eigenvalue weighted by Crippen LogP contribution is 2.45. The maximum absolute atomic E-state index is 6.53. The summed E-state index contributed by atoms with van der Waals surface area (Å²) in [4.78, 5) is 0. The van der Waals surface area contributed by atoms with Gasteiger partial charge in [0.05, 0.1) is 12.7 Å². The summed E-state index contributed by atoms with van der Waals surface area (Å²) in [6, 6.07) is 25.0. The van der Waals surface area contributed by atoms with Gasteiger partial charge in [-0.2, -0.15) is 0 Å². The first-order valence-electron chi connectivity index (χ1n) is 11.8. The van der Waals surface area contributed by atoms with Crippen molar-refractivity contribution in [2.45, 2.75) is 71.7 Å². The molecular formula is C29H35NO3. The average Bonchev–Trinajstić information content (AvgIpc) is 2.78. The summed E-state index contributed by atoms with van der Waals surface area (Å²) < 4.78 is 19.5. The third-order valence-electron chi connectivity index (χ3n) is 6.09. The summed E-state index contributed by atoms with van der Waals surface area (Å²) in [5.41, 5.74) is 5.17. The third kappa shape index (κ3) is 5.58. The second-order valence-corrected chi connectivity index (χ2v) is 9.56. The first-order valence-corrected chi connectivity index (χ1v) is 11.8. The molecule has 4 nitrogen and oxygen atoms in total. The van der Waals surface area contributed by atoms with E-state index in [1.165, 1.54) is 16.7 Å². The second kappa shape index (κ2) is 9.98. The summed E-state index contributed by atoms with van der Waals surface area (Å²) in [7, 11) is 0. The van der Waals surface area contributed by atoms with Gasteiger partial charge in [-0.3, -0.25) is 0 Å². The maximum atomic E-state index is 6.53. The van der Waals surface area contributed by atoms with Crippen LogP contribution < -0.4 is 10.1 Å². The van der Waals surface area contributed by atoms with Crippen LogP contribution in [0.15, 0.2) is 72.8 Å². The van der Waals surface area contributed by atoms with E-state index in [0.29, 0.717) is 6.61 Å². The van der Waals surface area contributed by atoms with Crippen molar-refractivity contribution in [1.82, 2.24) is 0 Å². The molecule has 1 N–H and O–H groups in total. The third-order valence-corrected chi connectivity index (χ3v) is 6.09. The van der Waals surface area contributed by atoms with Gasteiger partial charge in [0.1, 0.15) is 23.6 Å². The van der Waals surface area contributed by atoms with Gasteiger partial charge in [-0.1, -0.05) is 54.6 Å². The van der Waals surface area contributed by atoms with Crippen LogP contribution >= 0.6 is 0 Å². The molecule has 1 aliphatic heterocycles. The van der Waals surface area contributed by atoms with Crippen LogP contribution in [-0.2, 0) is 22.6 Å². The monoisotopic (exact) mass is 445 g/mol. The Balaban J connectivity index is 1.60. The largest absolute Gasteiger partial charge is 0.485 e. The summed E-state index contributed by atoms with van der Waals surface area (Å²) in [6.07, 6.45) is -0.426. The smallest absolute Gasteiger partial charge is 0.132 e. The molecule has 3 aromatic rings. The zero-order valence-electron chi connectivity index (χ0n) is 20.3. The fourth-order valence-corrected chi connectivity index (χ4v) is 4.32. The molecule has 0 saturated carbocycles. The molecule has 33 heavy (non-hydrogen) atoms. The van der Waals surface area contributed by atoms with E-state index in [4.69, 9.17) is 14.2 Å². The minimum atomic E-state index is -0.534. The molecule has 0 aromatic heterocycles. The zero-order chi connectivity index (χ0) is 23.4. The molecular weight excluding hydrogens is 410 g/mol. The molecule has 0 amide bonds. The lowest BCUT2D eigenvalue weighted by Gasteiger charge is -2.45. The molecule has 0 saturated heterocycles. The SMILES string of the molecule is Cc1ccccc1COC1C(OC(C)C)c2cc(NCc3ccccc3)ccc2OC1(C)C. The predicted molar refractivity (Wildman–Crippen MR) is 134 cm³/mol. The fraction of sp³-hybridized carbons (Fsp3) is 0.379. The topological polar surface area (TPSA) is 39.7 Å². The Labute approximate surface area is 197 Å². The lowest BCUT2D eigenvalue weighted by molar-refractivity contribution is -0.177. The van der Waals surface area contributed by atoms with Crippen molar-refractivity contribution in [3.63, 3.8) is 0 Å². The van der Waals surface area contributed by atoms with E-state index in [1.807, 2.05) is 12.1 Å². The Morgan fingerprint density at radius 1 is 0.970 bits per heavy atom. The molecule has 2 atom stereocenters. The maximum Gasteiger partial charge on any atom is 0.132 e. The van der Waals surface area contributed by atoms with Gasteiger partial charge < -0.3 is 19.5 Å². The van der Waals surface area contributed by atoms with Gasteiger partial charge in [-0.05, 0) is 69.5 Å². The van der Waals surface area contributed by atoms with Gasteiger partial charge in [-0.15, -0.1) is 0 Å². The minimum absolute atomic E-state index is 0.0576. The van der Waals surface area contributed by atoms with Crippen LogP contribution in [0.5, 0.6) is 5.75 Å². The number of fused-ring (bicyclic) bond motifs is 1. The van der Waals surface area contributed by atoms with Crippen LogP contribution in [0.2, 0.25) is 0 Å². The predicted octanol–water partition coefficient (Wildman–Crippen LogP) is 6.83. The summed E-state index contributed by atoms with van der Waals surface area (Å²) in [5.74, 6) is 0.853. The summed E-state index contributed by atoms with van der Waals surface area (Å²) in [5, 5.41) is 3.53. The lowest BCUT2D eigenvalue weighted by Crippen LogP contribution is -2.51. The molecule has 174 valence electrons. The van der Waals surface area contributed by atoms with Crippen molar-refractivity contribution in [3.8, 4) is 5.75 Å². The van der Waals surface area contributed by atoms with Crippen molar-refractivity contribution in [1.29, 1.82) is 0 Å². The molecule has 3 aromatic carbocycles. The van der Waals surface area contributed by atoms with E-state index in [0.717, 1.165) is 23.5 Å². The first kappa shape index (κ1) is 23.3. The van der Waals surface area contributed by atoms with Gasteiger partial charge in [0.25, 0.3) is 0 Å². The van der Waals surface area contributed by atoms with Crippen molar-refractivity contribution in [2.75, 3.05) is 5.32 Å². The fourth-order valence-electron chi connectivity index (χ4n) is 4.32. The number of rotatable bonds is 8. The molecule has 1 aliphatic rings. The van der Waals surface area contributed by atoms with Gasteiger partial charge in [0, 0.05) is 17.8 Å². The summed E-state index contributed by atoms with van der Waals surface area (Å²) in [6.45, 7) is 11.7. The number of aryl methyl sites for hydroxylation is 1. The van der Waals surface area contributed by atoms with E-state index in [-0.39, 0.29) is 18.3 Å². The highest BCUT2D eigenvalue weighted by atomic mass is 16.6. The Hall–Kier alpha value is -2.82. The van der Waals surface area contributed by atoms with E-state index in [1.54, 1.807) is 0 Å². The Morgan fingerprint density at radius 2 is 1.70 bits per heavy atom. The van der Waals surface area contributed by atoms with Crippen molar-refractivity contribution in [2.24, 2.45) is 0 Å². The van der Waals surface area contributed by atoms with Crippen LogP contribution in [0.3, 0.4) is 0 Å². The van der Waals surface area contributed by atoms with Gasteiger partial charge in [0.2, 0.25) is 0 Å². The van der Waals surface area contributed by atoms with E-state index >= 15 is 0 Å². The van der Waals surface area contributed by atoms with E-state index in [9.17, 15) is 0 Å². The van der Waals surface area contributed by atoms with E-state index in [2.05, 4.69) is 101 Å². The molecule has 0 aliphatic carbocycles. The van der Waals surface area contributed by atoms with Crippen molar-refractivity contribution < 1.29 is 14.2 Å². The highest BCUT2D eigenvalue weighted by Gasteiger charge is 2.46. The number of ether oxygens (including phenoxy) is 3. The van der Waals surface area contributed by atoms with Crippen molar-refractivity contribution in [3.05, 3.63) is 95.1 Å². The normalized spacial score (nSPS) is 19.1. The Bertz CT molecular complexity index is 1060. The molecule has 0 fully saturated rings. The molecule has 1 heterocycles. The van der Waals surface area contributed by atoms with Crippen LogP contribution in [-0.4, -0.2) is 17.8 Å². The van der Waals surface area contributed by atoms with Crippen LogP contribution in [0.25, 0.3) is 0 Å². The molecule has 0 radical (unpaired) electrons. The van der Waals surface area contributed by atoms with Crippen LogP contribution in [0, 0.1) is 6.92 Å². The molecule has 4 rings (SSSR count). The highest BCUT2D eigenvalue weighted by molar-refractivity contribution is 5.54. The van der Waals surface area contributed by atoms with Gasteiger partial charge in [0.15, 0.2) is 0 Å². The molecule has 2 unspecified atom stereocenters. The zero-order valence-corrected chi connectivity index (χ0v) is 20.3. The van der Waals surface area contributed by atoms with Crippen molar-refractivity contribution >= 4 is 5.69 Å². The second-order valence-electron chi connectivity index (χ2n) is 9.56. The standard InChI is InChI=1S/C29H35NO3/c1-20(2)32-27-25-17-24(30-18-22-12-7-6-8-13-22)15-16-26(25)33-29(4,5)28(27)31-19-23-14-10-9-11-21(23)3/h6-17,20,27-28,30H,18-19H2,1-5H3. The van der Waals surface area contributed by atoms with E-state index < -0.39 is 5.60 Å². The Morgan fingerprint density at radius 3 is 2.42 bits per heavy atom. The van der Waals surface area contributed by atoms with Gasteiger partial charge in [-0.25, -0.2) is 0 Å². The number of benzene rings is 3. The summed E-state index contributed by atoms with van der Waals surface area (Å²) >= 11 is 0. The Kier molecular flexibility index (Phi) is 7.06. The first-order chi connectivity index (χ1) is 15.8. The molecule has 0 spiro atoms. The average molecular weight is 446 g/mol. The van der Waals surface area contributed by atoms with Gasteiger partial charge >= 0.3 is 0 Å². The minimum Gasteiger partial charge on any atom is -0.485 e. The number of nitrogens with one attached hydrogen (secondary N) is 1. The van der Waals surface area contributed by atoms with Crippen LogP contribution in [0.1, 0.15) is 56.1 Å². The molecule has 0 bridgehead atoms. The number of hydrogen-bond donors (Lipinski definition) is 1. The molecule has 4 heteroatoms. The quantitative estimate of drug-likeness (QED) is 0.412.